The van der Waals surface area contributed by atoms with E-state index in [1.165, 1.54) is 0 Å². The van der Waals surface area contributed by atoms with Crippen LogP contribution in [0.1, 0.15) is 18.4 Å². The second-order valence-electron chi connectivity index (χ2n) is 3.16. The first-order chi connectivity index (χ1) is 6.77. The summed E-state index contributed by atoms with van der Waals surface area (Å²) in [6.07, 6.45) is 1.60. The molecule has 0 aromatic heterocycles. The van der Waals surface area contributed by atoms with Gasteiger partial charge < -0.3 is 9.84 Å². The Morgan fingerprint density at radius 2 is 2.00 bits per heavy atom. The van der Waals surface area contributed by atoms with Crippen molar-refractivity contribution in [2.75, 3.05) is 13.7 Å². The van der Waals surface area contributed by atoms with Gasteiger partial charge in [-0.05, 0) is 36.1 Å². The van der Waals surface area contributed by atoms with Gasteiger partial charge in [0.15, 0.2) is 0 Å². The lowest BCUT2D eigenvalue weighted by molar-refractivity contribution is 0.290. The van der Waals surface area contributed by atoms with Crippen LogP contribution in [0.5, 0.6) is 5.75 Å². The molecule has 0 radical (unpaired) electrons. The Kier molecular flexibility index (Phi) is 4.20. The fourth-order valence-corrected chi connectivity index (χ4v) is 1.26. The standard InChI is InChI=1S/C12H16O2/c1-10(4-3-9-13)11-5-7-12(14-2)8-6-11/h5-8,13H,1,3-4,9H2,2H3. The normalized spacial score (nSPS) is 9.86. The van der Waals surface area contributed by atoms with Crippen LogP contribution in [0.3, 0.4) is 0 Å². The third-order valence-corrected chi connectivity index (χ3v) is 2.13. The molecule has 76 valence electrons. The summed E-state index contributed by atoms with van der Waals surface area (Å²) in [6.45, 7) is 4.18. The Morgan fingerprint density at radius 3 is 2.50 bits per heavy atom. The maximum Gasteiger partial charge on any atom is 0.118 e. The van der Waals surface area contributed by atoms with E-state index in [1.807, 2.05) is 24.3 Å². The van der Waals surface area contributed by atoms with Crippen LogP contribution in [0.25, 0.3) is 5.57 Å². The summed E-state index contributed by atoms with van der Waals surface area (Å²) in [5, 5.41) is 8.68. The lowest BCUT2D eigenvalue weighted by Gasteiger charge is -2.05. The molecule has 1 aromatic rings. The molecule has 1 aromatic carbocycles. The quantitative estimate of drug-likeness (QED) is 0.776. The summed E-state index contributed by atoms with van der Waals surface area (Å²) in [7, 11) is 1.65. The van der Waals surface area contributed by atoms with Crippen LogP contribution >= 0.6 is 0 Å². The molecule has 0 aliphatic carbocycles. The summed E-state index contributed by atoms with van der Waals surface area (Å²) in [5.41, 5.74) is 2.17. The molecule has 0 aliphatic heterocycles. The lowest BCUT2D eigenvalue weighted by atomic mass is 10.0. The highest BCUT2D eigenvalue weighted by Gasteiger charge is 1.98. The number of hydrogen-bond acceptors (Lipinski definition) is 2. The van der Waals surface area contributed by atoms with E-state index in [4.69, 9.17) is 9.84 Å². The lowest BCUT2D eigenvalue weighted by Crippen LogP contribution is -1.88. The van der Waals surface area contributed by atoms with Crippen LogP contribution in [-0.2, 0) is 0 Å². The number of ether oxygens (including phenoxy) is 1. The molecular formula is C12H16O2. The number of aliphatic hydroxyl groups is 1. The second kappa shape index (κ2) is 5.45. The molecule has 2 nitrogen and oxygen atoms in total. The van der Waals surface area contributed by atoms with Gasteiger partial charge in [0.2, 0.25) is 0 Å². The number of benzene rings is 1. The Hall–Kier alpha value is -1.28. The van der Waals surface area contributed by atoms with E-state index in [0.717, 1.165) is 29.7 Å². The van der Waals surface area contributed by atoms with Gasteiger partial charge in [0.05, 0.1) is 7.11 Å². The highest BCUT2D eigenvalue weighted by atomic mass is 16.5. The summed E-state index contributed by atoms with van der Waals surface area (Å²) >= 11 is 0. The molecule has 0 aliphatic rings. The van der Waals surface area contributed by atoms with Gasteiger partial charge in [0.1, 0.15) is 5.75 Å². The number of allylic oxidation sites excluding steroid dienone is 1. The van der Waals surface area contributed by atoms with Crippen molar-refractivity contribution in [1.82, 2.24) is 0 Å². The predicted molar refractivity (Wildman–Crippen MR) is 58.3 cm³/mol. The van der Waals surface area contributed by atoms with Gasteiger partial charge in [-0.25, -0.2) is 0 Å². The molecule has 0 fully saturated rings. The van der Waals surface area contributed by atoms with Gasteiger partial charge >= 0.3 is 0 Å². The van der Waals surface area contributed by atoms with Crippen molar-refractivity contribution >= 4 is 5.57 Å². The fourth-order valence-electron chi connectivity index (χ4n) is 1.26. The van der Waals surface area contributed by atoms with E-state index in [0.29, 0.717) is 0 Å². The molecule has 1 N–H and O–H groups in total. The van der Waals surface area contributed by atoms with Crippen LogP contribution in [0.4, 0.5) is 0 Å². The molecule has 0 spiro atoms. The molecule has 2 heteroatoms. The van der Waals surface area contributed by atoms with Gasteiger partial charge in [0, 0.05) is 6.61 Å². The van der Waals surface area contributed by atoms with Gasteiger partial charge in [-0.2, -0.15) is 0 Å². The van der Waals surface area contributed by atoms with E-state index in [-0.39, 0.29) is 6.61 Å². The van der Waals surface area contributed by atoms with Crippen molar-refractivity contribution in [1.29, 1.82) is 0 Å². The minimum atomic E-state index is 0.217. The third kappa shape index (κ3) is 2.89. The van der Waals surface area contributed by atoms with E-state index in [9.17, 15) is 0 Å². The molecule has 0 heterocycles. The smallest absolute Gasteiger partial charge is 0.118 e. The first kappa shape index (κ1) is 10.8. The van der Waals surface area contributed by atoms with Crippen LogP contribution in [-0.4, -0.2) is 18.8 Å². The number of hydrogen-bond donors (Lipinski definition) is 1. The SMILES string of the molecule is C=C(CCCO)c1ccc(OC)cc1. The Balaban J connectivity index is 2.62. The van der Waals surface area contributed by atoms with Crippen LogP contribution in [0, 0.1) is 0 Å². The van der Waals surface area contributed by atoms with E-state index >= 15 is 0 Å². The Labute approximate surface area is 84.8 Å². The zero-order valence-electron chi connectivity index (χ0n) is 8.49. The molecule has 0 amide bonds. The van der Waals surface area contributed by atoms with Gasteiger partial charge in [-0.15, -0.1) is 0 Å². The first-order valence-corrected chi connectivity index (χ1v) is 4.71. The third-order valence-electron chi connectivity index (χ3n) is 2.13. The zero-order chi connectivity index (χ0) is 10.4. The van der Waals surface area contributed by atoms with Crippen molar-refractivity contribution in [3.63, 3.8) is 0 Å². The number of rotatable bonds is 5. The zero-order valence-corrected chi connectivity index (χ0v) is 8.49. The van der Waals surface area contributed by atoms with Crippen molar-refractivity contribution in [3.05, 3.63) is 36.4 Å². The molecular weight excluding hydrogens is 176 g/mol. The molecule has 0 atom stereocenters. The van der Waals surface area contributed by atoms with Crippen molar-refractivity contribution in [2.24, 2.45) is 0 Å². The fraction of sp³-hybridized carbons (Fsp3) is 0.333. The molecule has 0 bridgehead atoms. The van der Waals surface area contributed by atoms with Crippen molar-refractivity contribution in [2.45, 2.75) is 12.8 Å². The second-order valence-corrected chi connectivity index (χ2v) is 3.16. The summed E-state index contributed by atoms with van der Waals surface area (Å²) < 4.78 is 5.06. The van der Waals surface area contributed by atoms with Crippen LogP contribution < -0.4 is 4.74 Å². The maximum absolute atomic E-state index is 8.68. The maximum atomic E-state index is 8.68. The molecule has 0 unspecified atom stereocenters. The molecule has 0 saturated carbocycles. The predicted octanol–water partition coefficient (Wildman–Crippen LogP) is 2.48. The highest BCUT2D eigenvalue weighted by molar-refractivity contribution is 5.63. The Morgan fingerprint density at radius 1 is 1.36 bits per heavy atom. The van der Waals surface area contributed by atoms with Crippen molar-refractivity contribution in [3.8, 4) is 5.75 Å². The monoisotopic (exact) mass is 192 g/mol. The largest absolute Gasteiger partial charge is 0.497 e. The van der Waals surface area contributed by atoms with Crippen LogP contribution in [0.15, 0.2) is 30.8 Å². The topological polar surface area (TPSA) is 29.5 Å². The molecule has 1 rings (SSSR count). The number of aliphatic hydroxyl groups excluding tert-OH is 1. The summed E-state index contributed by atoms with van der Waals surface area (Å²) in [4.78, 5) is 0. The molecule has 14 heavy (non-hydrogen) atoms. The summed E-state index contributed by atoms with van der Waals surface area (Å²) in [5.74, 6) is 0.851. The first-order valence-electron chi connectivity index (χ1n) is 4.71. The average molecular weight is 192 g/mol. The minimum absolute atomic E-state index is 0.217. The van der Waals surface area contributed by atoms with Crippen molar-refractivity contribution < 1.29 is 9.84 Å². The average Bonchev–Trinajstić information content (AvgIpc) is 2.26. The van der Waals surface area contributed by atoms with Gasteiger partial charge in [0.25, 0.3) is 0 Å². The molecule has 0 saturated heterocycles. The van der Waals surface area contributed by atoms with E-state index < -0.39 is 0 Å². The summed E-state index contributed by atoms with van der Waals surface area (Å²) in [6, 6.07) is 7.80. The van der Waals surface area contributed by atoms with E-state index in [2.05, 4.69) is 6.58 Å². The van der Waals surface area contributed by atoms with Crippen LogP contribution in [0.2, 0.25) is 0 Å². The minimum Gasteiger partial charge on any atom is -0.497 e. The van der Waals surface area contributed by atoms with E-state index in [1.54, 1.807) is 7.11 Å². The highest BCUT2D eigenvalue weighted by Crippen LogP contribution is 2.20. The Bertz CT molecular complexity index is 288. The van der Waals surface area contributed by atoms with Gasteiger partial charge in [-0.1, -0.05) is 18.7 Å². The number of methoxy groups -OCH3 is 1. The van der Waals surface area contributed by atoms with Gasteiger partial charge in [-0.3, -0.25) is 0 Å².